The summed E-state index contributed by atoms with van der Waals surface area (Å²) in [7, 11) is 1.68. The van der Waals surface area contributed by atoms with Gasteiger partial charge in [-0.2, -0.15) is 0 Å². The van der Waals surface area contributed by atoms with Crippen LogP contribution in [0.3, 0.4) is 0 Å². The molecule has 2 aliphatic heterocycles. The van der Waals surface area contributed by atoms with E-state index in [-0.39, 0.29) is 5.91 Å². The molecule has 2 aliphatic rings. The Labute approximate surface area is 94.2 Å². The fourth-order valence-electron chi connectivity index (χ4n) is 2.53. The molecule has 0 saturated carbocycles. The van der Waals surface area contributed by atoms with Crippen molar-refractivity contribution in [3.05, 3.63) is 23.8 Å². The number of nitrogens with zero attached hydrogens (tertiary/aromatic N) is 1. The number of benzene rings is 1. The molecule has 0 radical (unpaired) electrons. The summed E-state index contributed by atoms with van der Waals surface area (Å²) in [5.74, 6) is 0.998. The summed E-state index contributed by atoms with van der Waals surface area (Å²) >= 11 is 0. The predicted molar refractivity (Wildman–Crippen MR) is 60.8 cm³/mol. The Balaban J connectivity index is 1.96. The second-order valence-electron chi connectivity index (χ2n) is 4.28. The van der Waals surface area contributed by atoms with Gasteiger partial charge in [0.1, 0.15) is 5.75 Å². The molecule has 1 saturated heterocycles. The molecule has 1 fully saturated rings. The van der Waals surface area contributed by atoms with Crippen LogP contribution in [0.15, 0.2) is 18.2 Å². The van der Waals surface area contributed by atoms with E-state index in [2.05, 4.69) is 16.3 Å². The SMILES string of the molecule is COc1ccc2c(c1)CC1CNC(=O)CN21. The minimum absolute atomic E-state index is 0.111. The molecule has 4 nitrogen and oxygen atoms in total. The topological polar surface area (TPSA) is 41.6 Å². The van der Waals surface area contributed by atoms with Gasteiger partial charge in [0.15, 0.2) is 0 Å². The minimum Gasteiger partial charge on any atom is -0.497 e. The van der Waals surface area contributed by atoms with Crippen molar-refractivity contribution in [3.63, 3.8) is 0 Å². The smallest absolute Gasteiger partial charge is 0.239 e. The number of piperazine rings is 1. The molecule has 1 amide bonds. The molecule has 16 heavy (non-hydrogen) atoms. The third-order valence-corrected chi connectivity index (χ3v) is 3.34. The van der Waals surface area contributed by atoms with E-state index >= 15 is 0 Å². The molecule has 1 aromatic rings. The predicted octanol–water partition coefficient (Wildman–Crippen LogP) is 0.556. The van der Waals surface area contributed by atoms with E-state index in [0.29, 0.717) is 12.6 Å². The van der Waals surface area contributed by atoms with Gasteiger partial charge in [-0.1, -0.05) is 0 Å². The molecule has 1 unspecified atom stereocenters. The lowest BCUT2D eigenvalue weighted by Crippen LogP contribution is -2.52. The first-order valence-corrected chi connectivity index (χ1v) is 5.48. The van der Waals surface area contributed by atoms with E-state index in [1.54, 1.807) is 7.11 Å². The molecule has 1 aromatic carbocycles. The van der Waals surface area contributed by atoms with Crippen LogP contribution in [0.4, 0.5) is 5.69 Å². The van der Waals surface area contributed by atoms with Gasteiger partial charge in [-0.05, 0) is 30.2 Å². The summed E-state index contributed by atoms with van der Waals surface area (Å²) in [4.78, 5) is 13.5. The summed E-state index contributed by atoms with van der Waals surface area (Å²) in [5, 5.41) is 2.91. The molecule has 1 N–H and O–H groups in total. The van der Waals surface area contributed by atoms with Gasteiger partial charge in [-0.25, -0.2) is 0 Å². The standard InChI is InChI=1S/C12H14N2O2/c1-16-10-2-3-11-8(5-10)4-9-6-13-12(15)7-14(9)11/h2-3,5,9H,4,6-7H2,1H3,(H,13,15). The van der Waals surface area contributed by atoms with Crippen molar-refractivity contribution in [3.8, 4) is 5.75 Å². The Hall–Kier alpha value is -1.71. The second-order valence-corrected chi connectivity index (χ2v) is 4.28. The van der Waals surface area contributed by atoms with Crippen LogP contribution in [0.2, 0.25) is 0 Å². The van der Waals surface area contributed by atoms with E-state index in [4.69, 9.17) is 4.74 Å². The number of nitrogens with one attached hydrogen (secondary N) is 1. The zero-order valence-corrected chi connectivity index (χ0v) is 9.19. The number of carbonyl (C=O) groups is 1. The lowest BCUT2D eigenvalue weighted by Gasteiger charge is -2.31. The van der Waals surface area contributed by atoms with Crippen molar-refractivity contribution in [1.29, 1.82) is 0 Å². The Bertz CT molecular complexity index is 445. The molecule has 0 spiro atoms. The number of ether oxygens (including phenoxy) is 1. The summed E-state index contributed by atoms with van der Waals surface area (Å²) in [6.07, 6.45) is 0.993. The first-order chi connectivity index (χ1) is 7.78. The van der Waals surface area contributed by atoms with Crippen LogP contribution in [-0.4, -0.2) is 32.1 Å². The number of rotatable bonds is 1. The van der Waals surface area contributed by atoms with E-state index in [1.807, 2.05) is 12.1 Å². The molecule has 0 aromatic heterocycles. The molecular formula is C12H14N2O2. The summed E-state index contributed by atoms with van der Waals surface area (Å²) < 4.78 is 5.21. The van der Waals surface area contributed by atoms with Crippen LogP contribution in [0, 0.1) is 0 Å². The zero-order valence-electron chi connectivity index (χ0n) is 9.19. The third-order valence-electron chi connectivity index (χ3n) is 3.34. The molecule has 84 valence electrons. The third kappa shape index (κ3) is 1.33. The van der Waals surface area contributed by atoms with Crippen molar-refractivity contribution >= 4 is 11.6 Å². The zero-order chi connectivity index (χ0) is 11.1. The monoisotopic (exact) mass is 218 g/mol. The lowest BCUT2D eigenvalue weighted by molar-refractivity contribution is -0.120. The molecule has 4 heteroatoms. The highest BCUT2D eigenvalue weighted by Crippen LogP contribution is 2.35. The normalized spacial score (nSPS) is 22.4. The van der Waals surface area contributed by atoms with Gasteiger partial charge in [0.05, 0.1) is 19.7 Å². The van der Waals surface area contributed by atoms with Gasteiger partial charge in [-0.3, -0.25) is 4.79 Å². The van der Waals surface area contributed by atoms with Gasteiger partial charge in [0.25, 0.3) is 0 Å². The van der Waals surface area contributed by atoms with Gasteiger partial charge >= 0.3 is 0 Å². The largest absolute Gasteiger partial charge is 0.497 e. The van der Waals surface area contributed by atoms with Crippen molar-refractivity contribution in [2.75, 3.05) is 25.1 Å². The van der Waals surface area contributed by atoms with Crippen LogP contribution in [0.25, 0.3) is 0 Å². The molecule has 3 rings (SSSR count). The lowest BCUT2D eigenvalue weighted by atomic mass is 10.1. The number of amides is 1. The molecule has 0 bridgehead atoms. The van der Waals surface area contributed by atoms with Crippen molar-refractivity contribution in [2.45, 2.75) is 12.5 Å². The van der Waals surface area contributed by atoms with Crippen LogP contribution in [0.5, 0.6) is 5.75 Å². The van der Waals surface area contributed by atoms with E-state index in [9.17, 15) is 4.79 Å². The maximum absolute atomic E-state index is 11.4. The number of methoxy groups -OCH3 is 1. The quantitative estimate of drug-likeness (QED) is 0.748. The van der Waals surface area contributed by atoms with Crippen LogP contribution in [0.1, 0.15) is 5.56 Å². The van der Waals surface area contributed by atoms with Crippen LogP contribution >= 0.6 is 0 Å². The van der Waals surface area contributed by atoms with Crippen molar-refractivity contribution in [2.24, 2.45) is 0 Å². The highest BCUT2D eigenvalue weighted by molar-refractivity contribution is 5.84. The van der Waals surface area contributed by atoms with Gasteiger partial charge < -0.3 is 15.0 Å². The summed E-state index contributed by atoms with van der Waals surface area (Å²) in [6, 6.07) is 6.48. The fraction of sp³-hybridized carbons (Fsp3) is 0.417. The Morgan fingerprint density at radius 1 is 1.50 bits per heavy atom. The van der Waals surface area contributed by atoms with E-state index < -0.39 is 0 Å². The van der Waals surface area contributed by atoms with Crippen molar-refractivity contribution in [1.82, 2.24) is 5.32 Å². The Kier molecular flexibility index (Phi) is 2.02. The van der Waals surface area contributed by atoms with Crippen LogP contribution < -0.4 is 15.0 Å². The van der Waals surface area contributed by atoms with Crippen molar-refractivity contribution < 1.29 is 9.53 Å². The van der Waals surface area contributed by atoms with Gasteiger partial charge in [0.2, 0.25) is 5.91 Å². The maximum atomic E-state index is 11.4. The second kappa shape index (κ2) is 3.40. The fourth-order valence-corrected chi connectivity index (χ4v) is 2.53. The summed E-state index contributed by atoms with van der Waals surface area (Å²) in [6.45, 7) is 1.22. The number of fused-ring (bicyclic) bond motifs is 3. The molecule has 1 atom stereocenters. The van der Waals surface area contributed by atoms with Gasteiger partial charge in [-0.15, -0.1) is 0 Å². The maximum Gasteiger partial charge on any atom is 0.239 e. The number of hydrogen-bond donors (Lipinski definition) is 1. The average Bonchev–Trinajstić information content (AvgIpc) is 2.66. The van der Waals surface area contributed by atoms with E-state index in [1.165, 1.54) is 11.3 Å². The summed E-state index contributed by atoms with van der Waals surface area (Å²) in [5.41, 5.74) is 2.46. The first kappa shape index (κ1) is 9.51. The minimum atomic E-state index is 0.111. The number of anilines is 1. The molecule has 2 heterocycles. The average molecular weight is 218 g/mol. The first-order valence-electron chi connectivity index (χ1n) is 5.48. The highest BCUT2D eigenvalue weighted by atomic mass is 16.5. The van der Waals surface area contributed by atoms with Crippen LogP contribution in [-0.2, 0) is 11.2 Å². The highest BCUT2D eigenvalue weighted by Gasteiger charge is 2.33. The molecule has 0 aliphatic carbocycles. The number of hydrogen-bond acceptors (Lipinski definition) is 3. The number of carbonyl (C=O) groups excluding carboxylic acids is 1. The van der Waals surface area contributed by atoms with E-state index in [0.717, 1.165) is 18.7 Å². The molecular weight excluding hydrogens is 204 g/mol. The Morgan fingerprint density at radius 3 is 3.19 bits per heavy atom. The Morgan fingerprint density at radius 2 is 2.38 bits per heavy atom. The van der Waals surface area contributed by atoms with Gasteiger partial charge in [0, 0.05) is 12.2 Å².